The fraction of sp³-hybridized carbons (Fsp3) is 0.455. The van der Waals surface area contributed by atoms with Gasteiger partial charge in [-0.3, -0.25) is 0 Å². The second kappa shape index (κ2) is 5.23. The average Bonchev–Trinajstić information content (AvgIpc) is 2.16. The van der Waals surface area contributed by atoms with E-state index < -0.39 is 0 Å². The maximum atomic E-state index is 6.00. The summed E-state index contributed by atoms with van der Waals surface area (Å²) in [5.41, 5.74) is 6.62. The SMILES string of the molecule is Cc1ccc(OCC(C)CN)c(Cl)c1. The van der Waals surface area contributed by atoms with E-state index in [1.165, 1.54) is 0 Å². The maximum absolute atomic E-state index is 6.00. The van der Waals surface area contributed by atoms with Gasteiger partial charge in [0.15, 0.2) is 0 Å². The van der Waals surface area contributed by atoms with E-state index in [1.54, 1.807) is 0 Å². The van der Waals surface area contributed by atoms with Crippen molar-refractivity contribution in [3.8, 4) is 5.75 Å². The smallest absolute Gasteiger partial charge is 0.137 e. The lowest BCUT2D eigenvalue weighted by Gasteiger charge is -2.12. The molecule has 0 saturated carbocycles. The second-order valence-corrected chi connectivity index (χ2v) is 3.99. The summed E-state index contributed by atoms with van der Waals surface area (Å²) in [6.07, 6.45) is 0. The van der Waals surface area contributed by atoms with Crippen LogP contribution in [0, 0.1) is 12.8 Å². The van der Waals surface area contributed by atoms with E-state index >= 15 is 0 Å². The van der Waals surface area contributed by atoms with Crippen molar-refractivity contribution in [2.75, 3.05) is 13.2 Å². The van der Waals surface area contributed by atoms with E-state index in [-0.39, 0.29) is 0 Å². The van der Waals surface area contributed by atoms with Gasteiger partial charge < -0.3 is 10.5 Å². The van der Waals surface area contributed by atoms with Gasteiger partial charge in [-0.05, 0) is 31.2 Å². The number of ether oxygens (including phenoxy) is 1. The molecule has 0 aliphatic rings. The molecule has 0 aliphatic carbocycles. The number of benzene rings is 1. The molecule has 0 bridgehead atoms. The first-order valence-electron chi connectivity index (χ1n) is 4.72. The minimum Gasteiger partial charge on any atom is -0.492 e. The van der Waals surface area contributed by atoms with Crippen LogP contribution in [0.1, 0.15) is 12.5 Å². The Kier molecular flexibility index (Phi) is 4.23. The Hall–Kier alpha value is -0.730. The summed E-state index contributed by atoms with van der Waals surface area (Å²) >= 11 is 6.00. The molecule has 14 heavy (non-hydrogen) atoms. The normalized spacial score (nSPS) is 12.6. The molecule has 2 nitrogen and oxygen atoms in total. The minimum absolute atomic E-state index is 0.354. The monoisotopic (exact) mass is 213 g/mol. The van der Waals surface area contributed by atoms with Crippen LogP contribution in [0.2, 0.25) is 5.02 Å². The number of hydrogen-bond acceptors (Lipinski definition) is 2. The van der Waals surface area contributed by atoms with Gasteiger partial charge in [-0.2, -0.15) is 0 Å². The molecular weight excluding hydrogens is 198 g/mol. The number of hydrogen-bond donors (Lipinski definition) is 1. The Labute approximate surface area is 90.0 Å². The van der Waals surface area contributed by atoms with Crippen LogP contribution in [0.15, 0.2) is 18.2 Å². The van der Waals surface area contributed by atoms with Crippen LogP contribution in [-0.4, -0.2) is 13.2 Å². The Morgan fingerprint density at radius 3 is 2.79 bits per heavy atom. The topological polar surface area (TPSA) is 35.2 Å². The summed E-state index contributed by atoms with van der Waals surface area (Å²) in [7, 11) is 0. The molecule has 0 aromatic heterocycles. The van der Waals surface area contributed by atoms with Gasteiger partial charge in [-0.15, -0.1) is 0 Å². The molecule has 1 rings (SSSR count). The Morgan fingerprint density at radius 2 is 2.21 bits per heavy atom. The van der Waals surface area contributed by atoms with Gasteiger partial charge in [0.1, 0.15) is 5.75 Å². The Morgan fingerprint density at radius 1 is 1.50 bits per heavy atom. The molecule has 0 amide bonds. The molecule has 78 valence electrons. The van der Waals surface area contributed by atoms with Crippen molar-refractivity contribution in [2.45, 2.75) is 13.8 Å². The highest BCUT2D eigenvalue weighted by molar-refractivity contribution is 6.32. The highest BCUT2D eigenvalue weighted by atomic mass is 35.5. The summed E-state index contributed by atoms with van der Waals surface area (Å²) in [4.78, 5) is 0. The highest BCUT2D eigenvalue weighted by Gasteiger charge is 2.04. The van der Waals surface area contributed by atoms with Gasteiger partial charge in [0, 0.05) is 5.92 Å². The molecule has 1 unspecified atom stereocenters. The fourth-order valence-corrected chi connectivity index (χ4v) is 1.31. The van der Waals surface area contributed by atoms with Crippen LogP contribution in [0.3, 0.4) is 0 Å². The zero-order chi connectivity index (χ0) is 10.6. The van der Waals surface area contributed by atoms with Crippen molar-refractivity contribution < 1.29 is 4.74 Å². The number of halogens is 1. The largest absolute Gasteiger partial charge is 0.492 e. The fourth-order valence-electron chi connectivity index (χ4n) is 1.02. The number of rotatable bonds is 4. The van der Waals surface area contributed by atoms with Crippen LogP contribution >= 0.6 is 11.6 Å². The van der Waals surface area contributed by atoms with Crippen LogP contribution in [0.25, 0.3) is 0 Å². The first kappa shape index (κ1) is 11.3. The first-order chi connectivity index (χ1) is 6.63. The van der Waals surface area contributed by atoms with Crippen molar-refractivity contribution >= 4 is 11.6 Å². The van der Waals surface area contributed by atoms with E-state index in [0.717, 1.165) is 11.3 Å². The van der Waals surface area contributed by atoms with Gasteiger partial charge in [-0.1, -0.05) is 24.6 Å². The van der Waals surface area contributed by atoms with E-state index in [1.807, 2.05) is 32.0 Å². The molecule has 0 saturated heterocycles. The molecule has 1 atom stereocenters. The predicted molar refractivity (Wildman–Crippen MR) is 59.9 cm³/mol. The van der Waals surface area contributed by atoms with E-state index in [9.17, 15) is 0 Å². The van der Waals surface area contributed by atoms with E-state index in [4.69, 9.17) is 22.1 Å². The maximum Gasteiger partial charge on any atom is 0.137 e. The van der Waals surface area contributed by atoms with Gasteiger partial charge >= 0.3 is 0 Å². The van der Waals surface area contributed by atoms with Gasteiger partial charge in [0.25, 0.3) is 0 Å². The zero-order valence-electron chi connectivity index (χ0n) is 8.59. The van der Waals surface area contributed by atoms with E-state index in [2.05, 4.69) is 0 Å². The lowest BCUT2D eigenvalue weighted by Crippen LogP contribution is -2.18. The lowest BCUT2D eigenvalue weighted by molar-refractivity contribution is 0.264. The molecule has 1 aromatic rings. The average molecular weight is 214 g/mol. The van der Waals surface area contributed by atoms with Crippen molar-refractivity contribution in [1.29, 1.82) is 0 Å². The Balaban J connectivity index is 2.59. The standard InChI is InChI=1S/C11H16ClNO/c1-8-3-4-11(10(12)5-8)14-7-9(2)6-13/h3-5,9H,6-7,13H2,1-2H3. The molecule has 0 spiro atoms. The molecule has 2 N–H and O–H groups in total. The summed E-state index contributed by atoms with van der Waals surface area (Å²) in [6, 6.07) is 5.76. The third-order valence-electron chi connectivity index (χ3n) is 2.01. The summed E-state index contributed by atoms with van der Waals surface area (Å²) < 4.78 is 5.53. The first-order valence-corrected chi connectivity index (χ1v) is 5.10. The highest BCUT2D eigenvalue weighted by Crippen LogP contribution is 2.25. The third-order valence-corrected chi connectivity index (χ3v) is 2.31. The molecular formula is C11H16ClNO. The molecule has 0 fully saturated rings. The molecule has 0 radical (unpaired) electrons. The summed E-state index contributed by atoms with van der Waals surface area (Å²) in [6.45, 7) is 5.28. The van der Waals surface area contributed by atoms with Crippen molar-refractivity contribution in [2.24, 2.45) is 11.7 Å². The number of nitrogens with two attached hydrogens (primary N) is 1. The summed E-state index contributed by atoms with van der Waals surface area (Å²) in [5, 5.41) is 0.661. The van der Waals surface area contributed by atoms with Gasteiger partial charge in [0.2, 0.25) is 0 Å². The lowest BCUT2D eigenvalue weighted by atomic mass is 10.2. The van der Waals surface area contributed by atoms with Gasteiger partial charge in [-0.25, -0.2) is 0 Å². The third kappa shape index (κ3) is 3.20. The van der Waals surface area contributed by atoms with Crippen LogP contribution in [0.4, 0.5) is 0 Å². The molecule has 3 heteroatoms. The molecule has 1 aromatic carbocycles. The van der Waals surface area contributed by atoms with Crippen LogP contribution in [0.5, 0.6) is 5.75 Å². The summed E-state index contributed by atoms with van der Waals surface area (Å²) in [5.74, 6) is 1.09. The van der Waals surface area contributed by atoms with Crippen molar-refractivity contribution in [3.63, 3.8) is 0 Å². The van der Waals surface area contributed by atoms with Crippen molar-refractivity contribution in [1.82, 2.24) is 0 Å². The Bertz CT molecular complexity index is 301. The zero-order valence-corrected chi connectivity index (χ0v) is 9.34. The predicted octanol–water partition coefficient (Wildman–Crippen LogP) is 2.62. The second-order valence-electron chi connectivity index (χ2n) is 3.59. The molecule has 0 heterocycles. The van der Waals surface area contributed by atoms with Crippen molar-refractivity contribution in [3.05, 3.63) is 28.8 Å². The quantitative estimate of drug-likeness (QED) is 0.835. The van der Waals surface area contributed by atoms with Gasteiger partial charge in [0.05, 0.1) is 11.6 Å². The van der Waals surface area contributed by atoms with E-state index in [0.29, 0.717) is 24.1 Å². The van der Waals surface area contributed by atoms with Crippen LogP contribution in [-0.2, 0) is 0 Å². The number of aryl methyl sites for hydroxylation is 1. The van der Waals surface area contributed by atoms with Crippen LogP contribution < -0.4 is 10.5 Å². The molecule has 0 aliphatic heterocycles. The minimum atomic E-state index is 0.354.